The first kappa shape index (κ1) is 21.8. The first-order valence-electron chi connectivity index (χ1n) is 10.2. The molecule has 1 atom stereocenters. The molecule has 3 heterocycles. The predicted molar refractivity (Wildman–Crippen MR) is 118 cm³/mol. The lowest BCUT2D eigenvalue weighted by Crippen LogP contribution is -2.39. The molecule has 0 radical (unpaired) electrons. The van der Waals surface area contributed by atoms with Gasteiger partial charge in [0, 0.05) is 25.8 Å². The van der Waals surface area contributed by atoms with Crippen LogP contribution < -0.4 is 21.8 Å². The fraction of sp³-hybridized carbons (Fsp3) is 0.318. The van der Waals surface area contributed by atoms with E-state index in [1.807, 2.05) is 0 Å². The third kappa shape index (κ3) is 3.82. The van der Waals surface area contributed by atoms with E-state index >= 15 is 0 Å². The van der Waals surface area contributed by atoms with Crippen LogP contribution in [0.2, 0.25) is 0 Å². The Bertz CT molecular complexity index is 1230. The van der Waals surface area contributed by atoms with Gasteiger partial charge in [-0.3, -0.25) is 14.6 Å². The molecule has 168 valence electrons. The van der Waals surface area contributed by atoms with Crippen LogP contribution in [0.1, 0.15) is 12.0 Å². The lowest BCUT2D eigenvalue weighted by atomic mass is 10.0. The molecule has 0 amide bonds. The number of pyridine rings is 1. The van der Waals surface area contributed by atoms with Gasteiger partial charge in [-0.15, -0.1) is 0 Å². The molecule has 3 aromatic rings. The normalized spacial score (nSPS) is 14.8. The van der Waals surface area contributed by atoms with E-state index in [1.54, 1.807) is 6.07 Å². The van der Waals surface area contributed by atoms with Crippen molar-refractivity contribution >= 4 is 22.2 Å². The minimum Gasteiger partial charge on any atom is -0.391 e. The van der Waals surface area contributed by atoms with Crippen LogP contribution in [-0.4, -0.2) is 45.2 Å². The molecule has 0 saturated heterocycles. The van der Waals surface area contributed by atoms with Gasteiger partial charge in [-0.05, 0) is 41.8 Å². The van der Waals surface area contributed by atoms with Gasteiger partial charge in [0.25, 0.3) is 11.1 Å². The van der Waals surface area contributed by atoms with Crippen LogP contribution in [0.5, 0.6) is 0 Å². The van der Waals surface area contributed by atoms with Crippen molar-refractivity contribution in [3.63, 3.8) is 0 Å². The summed E-state index contributed by atoms with van der Waals surface area (Å²) in [6.07, 6.45) is 0.691. The van der Waals surface area contributed by atoms with Gasteiger partial charge < -0.3 is 15.7 Å². The number of hydrogen-bond acceptors (Lipinski definition) is 6. The molecule has 3 N–H and O–H groups in total. The van der Waals surface area contributed by atoms with Crippen LogP contribution in [0.3, 0.4) is 0 Å². The SMILES string of the molecule is C=C(C[C@@H](O)CN)c1cc(F)c(N2CCn3c(=O)c4cccnc4c(=O)n3CC2)c(F)c1. The quantitative estimate of drug-likeness (QED) is 0.611. The van der Waals surface area contributed by atoms with E-state index in [2.05, 4.69) is 11.6 Å². The van der Waals surface area contributed by atoms with Crippen molar-refractivity contribution in [3.8, 4) is 0 Å². The largest absolute Gasteiger partial charge is 0.391 e. The Kier molecular flexibility index (Phi) is 5.90. The van der Waals surface area contributed by atoms with Crippen molar-refractivity contribution in [3.05, 3.63) is 74.9 Å². The van der Waals surface area contributed by atoms with E-state index in [9.17, 15) is 23.5 Å². The number of anilines is 1. The summed E-state index contributed by atoms with van der Waals surface area (Å²) in [5.74, 6) is -1.58. The molecule has 0 spiro atoms. The molecule has 0 aliphatic carbocycles. The highest BCUT2D eigenvalue weighted by Gasteiger charge is 2.24. The summed E-state index contributed by atoms with van der Waals surface area (Å²) in [4.78, 5) is 31.2. The Hall–Kier alpha value is -3.37. The van der Waals surface area contributed by atoms with E-state index in [1.165, 1.54) is 38.7 Å². The van der Waals surface area contributed by atoms with Crippen molar-refractivity contribution in [2.75, 3.05) is 24.5 Å². The van der Waals surface area contributed by atoms with Gasteiger partial charge in [0.15, 0.2) is 0 Å². The van der Waals surface area contributed by atoms with Crippen LogP contribution in [0.4, 0.5) is 14.5 Å². The maximum atomic E-state index is 15.0. The number of hydrogen-bond donors (Lipinski definition) is 2. The summed E-state index contributed by atoms with van der Waals surface area (Å²) >= 11 is 0. The monoisotopic (exact) mass is 443 g/mol. The number of nitrogens with two attached hydrogens (primary N) is 1. The molecule has 10 heteroatoms. The van der Waals surface area contributed by atoms with Crippen LogP contribution in [0, 0.1) is 11.6 Å². The Morgan fingerprint density at radius 2 is 1.75 bits per heavy atom. The fourth-order valence-corrected chi connectivity index (χ4v) is 4.00. The molecule has 1 aliphatic rings. The Morgan fingerprint density at radius 3 is 2.38 bits per heavy atom. The first-order valence-corrected chi connectivity index (χ1v) is 10.2. The molecule has 1 aliphatic heterocycles. The Morgan fingerprint density at radius 1 is 1.12 bits per heavy atom. The summed E-state index contributed by atoms with van der Waals surface area (Å²) in [5, 5.41) is 9.89. The van der Waals surface area contributed by atoms with Gasteiger partial charge in [0.2, 0.25) is 0 Å². The topological polar surface area (TPSA) is 106 Å². The number of benzene rings is 1. The number of aromatic nitrogens is 3. The third-order valence-corrected chi connectivity index (χ3v) is 5.66. The molecular formula is C22H23F2N5O3. The first-order chi connectivity index (χ1) is 15.3. The minimum atomic E-state index is -0.848. The molecule has 8 nitrogen and oxygen atoms in total. The lowest BCUT2D eigenvalue weighted by Gasteiger charge is -2.24. The number of halogens is 2. The van der Waals surface area contributed by atoms with E-state index in [4.69, 9.17) is 5.73 Å². The molecule has 0 fully saturated rings. The highest BCUT2D eigenvalue weighted by Crippen LogP contribution is 2.29. The molecule has 0 saturated carbocycles. The molecule has 1 aromatic carbocycles. The summed E-state index contributed by atoms with van der Waals surface area (Å²) in [7, 11) is 0. The molecule has 0 bridgehead atoms. The van der Waals surface area contributed by atoms with Gasteiger partial charge in [-0.2, -0.15) is 0 Å². The fourth-order valence-electron chi connectivity index (χ4n) is 4.00. The molecule has 2 aromatic heterocycles. The molecule has 4 rings (SSSR count). The van der Waals surface area contributed by atoms with Gasteiger partial charge >= 0.3 is 0 Å². The van der Waals surface area contributed by atoms with E-state index in [0.717, 1.165) is 0 Å². The number of rotatable bonds is 5. The molecular weight excluding hydrogens is 420 g/mol. The average molecular weight is 443 g/mol. The van der Waals surface area contributed by atoms with Crippen molar-refractivity contribution in [2.45, 2.75) is 25.6 Å². The van der Waals surface area contributed by atoms with Gasteiger partial charge in [0.05, 0.1) is 24.6 Å². The summed E-state index contributed by atoms with van der Waals surface area (Å²) in [5.41, 5.74) is 5.03. The van der Waals surface area contributed by atoms with Crippen LogP contribution >= 0.6 is 0 Å². The summed E-state index contributed by atoms with van der Waals surface area (Å²) < 4.78 is 32.5. The van der Waals surface area contributed by atoms with Gasteiger partial charge in [0.1, 0.15) is 22.8 Å². The zero-order valence-electron chi connectivity index (χ0n) is 17.3. The highest BCUT2D eigenvalue weighted by atomic mass is 19.1. The number of aliphatic hydroxyl groups is 1. The summed E-state index contributed by atoms with van der Waals surface area (Å²) in [6, 6.07) is 5.45. The second-order valence-corrected chi connectivity index (χ2v) is 7.73. The van der Waals surface area contributed by atoms with Crippen LogP contribution in [0.25, 0.3) is 16.5 Å². The zero-order valence-corrected chi connectivity index (χ0v) is 17.3. The van der Waals surface area contributed by atoms with Crippen molar-refractivity contribution < 1.29 is 13.9 Å². The van der Waals surface area contributed by atoms with Crippen molar-refractivity contribution in [1.29, 1.82) is 0 Å². The average Bonchev–Trinajstić information content (AvgIpc) is 3.00. The van der Waals surface area contributed by atoms with Gasteiger partial charge in [-0.1, -0.05) is 6.58 Å². The maximum Gasteiger partial charge on any atom is 0.291 e. The predicted octanol–water partition coefficient (Wildman–Crippen LogP) is 1.08. The molecule has 0 unspecified atom stereocenters. The second kappa shape index (κ2) is 8.64. The number of fused-ring (bicyclic) bond motifs is 2. The third-order valence-electron chi connectivity index (χ3n) is 5.66. The highest BCUT2D eigenvalue weighted by molar-refractivity contribution is 5.76. The summed E-state index contributed by atoms with van der Waals surface area (Å²) in [6.45, 7) is 4.19. The van der Waals surface area contributed by atoms with Gasteiger partial charge in [-0.25, -0.2) is 18.1 Å². The lowest BCUT2D eigenvalue weighted by molar-refractivity contribution is 0.189. The van der Waals surface area contributed by atoms with E-state index in [-0.39, 0.29) is 66.9 Å². The maximum absolute atomic E-state index is 15.0. The smallest absolute Gasteiger partial charge is 0.291 e. The van der Waals surface area contributed by atoms with Crippen LogP contribution in [-0.2, 0) is 13.1 Å². The number of aliphatic hydroxyl groups excluding tert-OH is 1. The number of nitrogens with zero attached hydrogens (tertiary/aromatic N) is 4. The standard InChI is InChI=1S/C22H23F2N5O3/c1-13(9-15(30)12-25)14-10-17(23)20(18(24)11-14)27-5-7-28-21(31)16-3-2-4-26-19(16)22(32)29(28)8-6-27/h2-4,10-11,15,30H,1,5-9,12,25H2/t15-/m1/s1. The minimum absolute atomic E-state index is 0.0136. The Labute approximate surface area is 181 Å². The zero-order chi connectivity index (χ0) is 23.0. The molecule has 32 heavy (non-hydrogen) atoms. The second-order valence-electron chi connectivity index (χ2n) is 7.73. The van der Waals surface area contributed by atoms with Crippen molar-refractivity contribution in [1.82, 2.24) is 14.3 Å². The van der Waals surface area contributed by atoms with Crippen molar-refractivity contribution in [2.24, 2.45) is 5.73 Å². The Balaban J connectivity index is 1.66. The van der Waals surface area contributed by atoms with E-state index in [0.29, 0.717) is 5.57 Å². The van der Waals surface area contributed by atoms with E-state index < -0.39 is 23.3 Å². The van der Waals surface area contributed by atoms with Crippen LogP contribution in [0.15, 0.2) is 46.6 Å².